The fourth-order valence-corrected chi connectivity index (χ4v) is 2.07. The first-order valence-corrected chi connectivity index (χ1v) is 5.09. The van der Waals surface area contributed by atoms with Gasteiger partial charge in [0.05, 0.1) is 0 Å². The van der Waals surface area contributed by atoms with Crippen LogP contribution in [0.1, 0.15) is 19.3 Å². The molecule has 0 amide bonds. The summed E-state index contributed by atoms with van der Waals surface area (Å²) in [5.41, 5.74) is 1.36. The quantitative estimate of drug-likeness (QED) is 0.654. The van der Waals surface area contributed by atoms with E-state index in [4.69, 9.17) is 0 Å². The van der Waals surface area contributed by atoms with E-state index in [1.54, 1.807) is 6.08 Å². The molecule has 72 valence electrons. The minimum absolute atomic E-state index is 0.579. The lowest BCUT2D eigenvalue weighted by molar-refractivity contribution is 0.389. The predicted octanol–water partition coefficient (Wildman–Crippen LogP) is 2.21. The van der Waals surface area contributed by atoms with Gasteiger partial charge in [-0.1, -0.05) is 18.2 Å². The molecule has 1 saturated heterocycles. The number of piperidine rings is 1. The molecular weight excluding hydrogens is 165 g/mol. The Hall–Kier alpha value is -0.630. The largest absolute Gasteiger partial charge is 0.317 e. The van der Waals surface area contributed by atoms with E-state index in [2.05, 4.69) is 11.4 Å². The van der Waals surface area contributed by atoms with Crippen molar-refractivity contribution in [1.29, 1.82) is 0 Å². The monoisotopic (exact) mass is 181 g/mol. The van der Waals surface area contributed by atoms with Crippen LogP contribution < -0.4 is 5.32 Å². The summed E-state index contributed by atoms with van der Waals surface area (Å²) >= 11 is 0. The molecule has 13 heavy (non-hydrogen) atoms. The van der Waals surface area contributed by atoms with Crippen LogP contribution in [-0.2, 0) is 0 Å². The molecule has 0 bridgehead atoms. The molecule has 0 radical (unpaired) electrons. The number of nitrogens with one attached hydrogen (secondary N) is 1. The van der Waals surface area contributed by atoms with Crippen molar-refractivity contribution < 1.29 is 4.39 Å². The Labute approximate surface area is 78.7 Å². The van der Waals surface area contributed by atoms with Crippen LogP contribution >= 0.6 is 0 Å². The summed E-state index contributed by atoms with van der Waals surface area (Å²) in [6.45, 7) is 2.21. The Morgan fingerprint density at radius 2 is 2.08 bits per heavy atom. The van der Waals surface area contributed by atoms with Crippen LogP contribution in [0.15, 0.2) is 23.8 Å². The Kier molecular flexibility index (Phi) is 2.79. The van der Waals surface area contributed by atoms with Crippen molar-refractivity contribution in [2.24, 2.45) is 5.92 Å². The summed E-state index contributed by atoms with van der Waals surface area (Å²) in [6, 6.07) is 0. The van der Waals surface area contributed by atoms with Crippen LogP contribution in [0.4, 0.5) is 4.39 Å². The number of hydrogen-bond acceptors (Lipinski definition) is 1. The number of allylic oxidation sites excluding steroid dienone is 4. The van der Waals surface area contributed by atoms with Crippen molar-refractivity contribution in [3.8, 4) is 0 Å². The van der Waals surface area contributed by atoms with E-state index in [1.165, 1.54) is 18.4 Å². The van der Waals surface area contributed by atoms with Crippen molar-refractivity contribution in [2.45, 2.75) is 25.4 Å². The van der Waals surface area contributed by atoms with Gasteiger partial charge in [-0.25, -0.2) is 4.39 Å². The minimum atomic E-state index is -0.745. The van der Waals surface area contributed by atoms with Gasteiger partial charge in [0.25, 0.3) is 0 Å². The molecular formula is C11H16FN. The first-order valence-electron chi connectivity index (χ1n) is 5.09. The van der Waals surface area contributed by atoms with Gasteiger partial charge < -0.3 is 5.32 Å². The topological polar surface area (TPSA) is 12.0 Å². The van der Waals surface area contributed by atoms with E-state index in [9.17, 15) is 4.39 Å². The van der Waals surface area contributed by atoms with Crippen LogP contribution in [0, 0.1) is 5.92 Å². The summed E-state index contributed by atoms with van der Waals surface area (Å²) in [4.78, 5) is 0. The molecule has 0 saturated carbocycles. The zero-order chi connectivity index (χ0) is 9.10. The number of hydrogen-bond donors (Lipinski definition) is 1. The first-order chi connectivity index (χ1) is 6.36. The fourth-order valence-electron chi connectivity index (χ4n) is 2.07. The van der Waals surface area contributed by atoms with Crippen LogP contribution in [0.5, 0.6) is 0 Å². The molecule has 0 spiro atoms. The summed E-state index contributed by atoms with van der Waals surface area (Å²) in [6.07, 6.45) is 7.98. The average molecular weight is 181 g/mol. The third-order valence-electron chi connectivity index (χ3n) is 2.89. The lowest BCUT2D eigenvalue weighted by atomic mass is 9.87. The van der Waals surface area contributed by atoms with Gasteiger partial charge >= 0.3 is 0 Å². The fraction of sp³-hybridized carbons (Fsp3) is 0.636. The summed E-state index contributed by atoms with van der Waals surface area (Å²) in [7, 11) is 0. The van der Waals surface area contributed by atoms with Crippen molar-refractivity contribution in [3.63, 3.8) is 0 Å². The molecule has 0 aromatic rings. The van der Waals surface area contributed by atoms with Crippen LogP contribution in [0.25, 0.3) is 0 Å². The maximum atomic E-state index is 12.8. The molecule has 1 fully saturated rings. The normalized spacial score (nSPS) is 30.2. The van der Waals surface area contributed by atoms with Crippen molar-refractivity contribution in [2.75, 3.05) is 13.1 Å². The van der Waals surface area contributed by atoms with Gasteiger partial charge in [0, 0.05) is 6.42 Å². The Morgan fingerprint density at radius 1 is 1.31 bits per heavy atom. The second-order valence-electron chi connectivity index (χ2n) is 3.84. The SMILES string of the molecule is FC1C=CC(C2CCNCC2)=CC1. The Morgan fingerprint density at radius 3 is 2.69 bits per heavy atom. The maximum absolute atomic E-state index is 12.8. The van der Waals surface area contributed by atoms with E-state index >= 15 is 0 Å². The molecule has 2 heteroatoms. The van der Waals surface area contributed by atoms with Gasteiger partial charge in [0.15, 0.2) is 0 Å². The molecule has 1 aliphatic carbocycles. The molecule has 1 N–H and O–H groups in total. The van der Waals surface area contributed by atoms with E-state index in [0.717, 1.165) is 13.1 Å². The van der Waals surface area contributed by atoms with Gasteiger partial charge in [0.2, 0.25) is 0 Å². The molecule has 2 aliphatic rings. The van der Waals surface area contributed by atoms with Crippen molar-refractivity contribution in [3.05, 3.63) is 23.8 Å². The maximum Gasteiger partial charge on any atom is 0.122 e. The Bertz CT molecular complexity index is 226. The third kappa shape index (κ3) is 2.19. The van der Waals surface area contributed by atoms with Crippen LogP contribution in [-0.4, -0.2) is 19.3 Å². The first kappa shape index (κ1) is 8.95. The summed E-state index contributed by atoms with van der Waals surface area (Å²) in [5, 5.41) is 3.34. The molecule has 0 aromatic carbocycles. The zero-order valence-electron chi connectivity index (χ0n) is 7.80. The smallest absolute Gasteiger partial charge is 0.122 e. The number of rotatable bonds is 1. The summed E-state index contributed by atoms with van der Waals surface area (Å²) in [5.74, 6) is 0.671. The zero-order valence-corrected chi connectivity index (χ0v) is 7.80. The highest BCUT2D eigenvalue weighted by Gasteiger charge is 2.18. The predicted molar refractivity (Wildman–Crippen MR) is 52.3 cm³/mol. The van der Waals surface area contributed by atoms with E-state index < -0.39 is 6.17 Å². The lowest BCUT2D eigenvalue weighted by Crippen LogP contribution is -2.28. The highest BCUT2D eigenvalue weighted by molar-refractivity contribution is 5.27. The molecule has 1 atom stereocenters. The van der Waals surface area contributed by atoms with Crippen LogP contribution in [0.3, 0.4) is 0 Å². The van der Waals surface area contributed by atoms with Gasteiger partial charge in [-0.3, -0.25) is 0 Å². The highest BCUT2D eigenvalue weighted by atomic mass is 19.1. The third-order valence-corrected chi connectivity index (χ3v) is 2.89. The second-order valence-corrected chi connectivity index (χ2v) is 3.84. The number of alkyl halides is 1. The van der Waals surface area contributed by atoms with Gasteiger partial charge in [0.1, 0.15) is 6.17 Å². The van der Waals surface area contributed by atoms with E-state index in [-0.39, 0.29) is 0 Å². The standard InChI is InChI=1S/C11H16FN/c12-11-3-1-9(2-4-11)10-5-7-13-8-6-10/h1-3,10-11,13H,4-8H2. The van der Waals surface area contributed by atoms with Crippen LogP contribution in [0.2, 0.25) is 0 Å². The molecule has 0 aromatic heterocycles. The summed E-state index contributed by atoms with van der Waals surface area (Å²) < 4.78 is 12.8. The minimum Gasteiger partial charge on any atom is -0.317 e. The molecule has 1 nitrogen and oxygen atoms in total. The highest BCUT2D eigenvalue weighted by Crippen LogP contribution is 2.26. The second kappa shape index (κ2) is 4.05. The van der Waals surface area contributed by atoms with Gasteiger partial charge in [-0.2, -0.15) is 0 Å². The average Bonchev–Trinajstić information content (AvgIpc) is 2.20. The van der Waals surface area contributed by atoms with E-state index in [0.29, 0.717) is 12.3 Å². The molecule has 1 aliphatic heterocycles. The molecule has 2 rings (SSSR count). The van der Waals surface area contributed by atoms with Gasteiger partial charge in [-0.15, -0.1) is 0 Å². The Balaban J connectivity index is 1.96. The lowest BCUT2D eigenvalue weighted by Gasteiger charge is -2.25. The van der Waals surface area contributed by atoms with Crippen molar-refractivity contribution >= 4 is 0 Å². The molecule has 1 heterocycles. The van der Waals surface area contributed by atoms with Crippen molar-refractivity contribution in [1.82, 2.24) is 5.32 Å². The number of halogens is 1. The van der Waals surface area contributed by atoms with Gasteiger partial charge in [-0.05, 0) is 37.4 Å². The molecule has 1 unspecified atom stereocenters. The van der Waals surface area contributed by atoms with E-state index in [1.807, 2.05) is 6.08 Å².